The fourth-order valence-corrected chi connectivity index (χ4v) is 4.78. The van der Waals surface area contributed by atoms with E-state index in [1.54, 1.807) is 0 Å². The summed E-state index contributed by atoms with van der Waals surface area (Å²) in [6.07, 6.45) is 8.00. The summed E-state index contributed by atoms with van der Waals surface area (Å²) in [5.74, 6) is -0.527. The van der Waals surface area contributed by atoms with Crippen LogP contribution in [0.25, 0.3) is 0 Å². The van der Waals surface area contributed by atoms with Crippen LogP contribution in [-0.2, 0) is 19.6 Å². The molecule has 0 bridgehead atoms. The van der Waals surface area contributed by atoms with Crippen LogP contribution in [-0.4, -0.2) is 44.2 Å². The van der Waals surface area contributed by atoms with E-state index in [0.29, 0.717) is 18.7 Å². The van der Waals surface area contributed by atoms with Gasteiger partial charge in [0, 0.05) is 18.7 Å². The second kappa shape index (κ2) is 8.14. The van der Waals surface area contributed by atoms with E-state index < -0.39 is 10.0 Å². The van der Waals surface area contributed by atoms with E-state index in [9.17, 15) is 18.0 Å². The van der Waals surface area contributed by atoms with Crippen LogP contribution < -0.4 is 0 Å². The number of ketones is 1. The number of carbonyl (C=O) groups excluding carboxylic acids is 2. The molecule has 0 N–H and O–H groups in total. The van der Waals surface area contributed by atoms with Gasteiger partial charge in [-0.25, -0.2) is 8.42 Å². The average Bonchev–Trinajstić information content (AvgIpc) is 3.34. The fraction of sp³-hybridized carbons (Fsp3) is 0.474. The molecular weight excluding hydrogens is 354 g/mol. The molecule has 1 aromatic rings. The quantitative estimate of drug-likeness (QED) is 0.414. The number of hydrogen-bond donors (Lipinski definition) is 0. The van der Waals surface area contributed by atoms with Crippen molar-refractivity contribution in [1.29, 1.82) is 0 Å². The molecule has 1 fully saturated rings. The molecule has 26 heavy (non-hydrogen) atoms. The summed E-state index contributed by atoms with van der Waals surface area (Å²) in [6, 6.07) is 5.82. The summed E-state index contributed by atoms with van der Waals surface area (Å²) < 4.78 is 31.4. The number of benzene rings is 1. The van der Waals surface area contributed by atoms with Crippen LogP contribution in [0.15, 0.2) is 41.3 Å². The molecule has 1 aromatic carbocycles. The zero-order chi connectivity index (χ0) is 18.6. The van der Waals surface area contributed by atoms with Gasteiger partial charge in [0.25, 0.3) is 0 Å². The molecule has 0 radical (unpaired) electrons. The molecule has 1 aliphatic heterocycles. The number of hydrogen-bond acceptors (Lipinski definition) is 5. The Kier molecular flexibility index (Phi) is 5.88. The van der Waals surface area contributed by atoms with E-state index in [0.717, 1.165) is 25.7 Å². The van der Waals surface area contributed by atoms with E-state index in [4.69, 9.17) is 4.74 Å². The number of Topliss-reactive ketones (excluding diaryl/α,β-unsaturated/α-hetero) is 1. The first-order chi connectivity index (χ1) is 12.5. The first-order valence-corrected chi connectivity index (χ1v) is 10.4. The van der Waals surface area contributed by atoms with Gasteiger partial charge in [-0.3, -0.25) is 9.59 Å². The molecule has 1 heterocycles. The van der Waals surface area contributed by atoms with Gasteiger partial charge in [0.2, 0.25) is 10.0 Å². The Morgan fingerprint density at radius 2 is 1.81 bits per heavy atom. The number of sulfonamides is 1. The highest BCUT2D eigenvalue weighted by Crippen LogP contribution is 2.22. The minimum absolute atomic E-state index is 0.181. The molecule has 3 rings (SSSR count). The Labute approximate surface area is 153 Å². The molecule has 2 aliphatic rings. The molecule has 0 aromatic heterocycles. The van der Waals surface area contributed by atoms with Gasteiger partial charge in [-0.05, 0) is 55.9 Å². The zero-order valence-corrected chi connectivity index (χ0v) is 15.4. The Morgan fingerprint density at radius 3 is 2.42 bits per heavy atom. The zero-order valence-electron chi connectivity index (χ0n) is 14.6. The second-order valence-electron chi connectivity index (χ2n) is 6.69. The highest BCUT2D eigenvalue weighted by Gasteiger charge is 2.27. The molecule has 1 aliphatic carbocycles. The summed E-state index contributed by atoms with van der Waals surface area (Å²) in [4.78, 5) is 24.1. The molecule has 0 spiro atoms. The van der Waals surface area contributed by atoms with E-state index in [1.807, 2.05) is 12.2 Å². The van der Waals surface area contributed by atoms with Crippen LogP contribution >= 0.6 is 0 Å². The van der Waals surface area contributed by atoms with Crippen LogP contribution in [0.3, 0.4) is 0 Å². The lowest BCUT2D eigenvalue weighted by atomic mass is 10.1. The third-order valence-electron chi connectivity index (χ3n) is 4.78. The van der Waals surface area contributed by atoms with Crippen molar-refractivity contribution in [1.82, 2.24) is 4.31 Å². The maximum atomic E-state index is 12.5. The van der Waals surface area contributed by atoms with Gasteiger partial charge in [-0.15, -0.1) is 0 Å². The van der Waals surface area contributed by atoms with Gasteiger partial charge in [0.15, 0.2) is 12.4 Å². The lowest BCUT2D eigenvalue weighted by molar-refractivity contribution is -0.143. The van der Waals surface area contributed by atoms with Gasteiger partial charge in [-0.2, -0.15) is 4.31 Å². The van der Waals surface area contributed by atoms with Crippen molar-refractivity contribution >= 4 is 21.8 Å². The van der Waals surface area contributed by atoms with E-state index in [1.165, 1.54) is 28.6 Å². The summed E-state index contributed by atoms with van der Waals surface area (Å²) in [7, 11) is -3.49. The van der Waals surface area contributed by atoms with Gasteiger partial charge in [0.1, 0.15) is 0 Å². The number of carbonyl (C=O) groups is 2. The normalized spacial score (nSPS) is 20.4. The van der Waals surface area contributed by atoms with Crippen LogP contribution in [0.5, 0.6) is 0 Å². The second-order valence-corrected chi connectivity index (χ2v) is 8.63. The molecule has 0 saturated carbocycles. The molecule has 1 saturated heterocycles. The van der Waals surface area contributed by atoms with Crippen molar-refractivity contribution in [2.24, 2.45) is 5.92 Å². The van der Waals surface area contributed by atoms with Gasteiger partial charge >= 0.3 is 5.97 Å². The summed E-state index contributed by atoms with van der Waals surface area (Å²) in [6.45, 7) is 0.748. The first-order valence-electron chi connectivity index (χ1n) is 8.92. The third kappa shape index (κ3) is 4.40. The van der Waals surface area contributed by atoms with Crippen LogP contribution in [0, 0.1) is 5.92 Å². The minimum atomic E-state index is -3.49. The highest BCUT2D eigenvalue weighted by atomic mass is 32.2. The van der Waals surface area contributed by atoms with Crippen molar-refractivity contribution in [3.05, 3.63) is 42.0 Å². The Bertz CT molecular complexity index is 792. The van der Waals surface area contributed by atoms with E-state index in [-0.39, 0.29) is 35.6 Å². The topological polar surface area (TPSA) is 80.8 Å². The largest absolute Gasteiger partial charge is 0.457 e. The molecule has 0 amide bonds. The van der Waals surface area contributed by atoms with Gasteiger partial charge < -0.3 is 4.74 Å². The number of rotatable bonds is 7. The number of nitrogens with zero attached hydrogens (tertiary/aromatic N) is 1. The Balaban J connectivity index is 1.55. The fourth-order valence-electron chi connectivity index (χ4n) is 3.26. The smallest absolute Gasteiger partial charge is 0.306 e. The molecule has 1 atom stereocenters. The molecule has 140 valence electrons. The Morgan fingerprint density at radius 1 is 1.12 bits per heavy atom. The summed E-state index contributed by atoms with van der Waals surface area (Å²) in [5, 5.41) is 0. The lowest BCUT2D eigenvalue weighted by Crippen LogP contribution is -2.27. The molecule has 6 nitrogen and oxygen atoms in total. The van der Waals surface area contributed by atoms with Gasteiger partial charge in [0.05, 0.1) is 11.3 Å². The molecular formula is C19H23NO5S. The van der Waals surface area contributed by atoms with Crippen LogP contribution in [0.2, 0.25) is 0 Å². The maximum absolute atomic E-state index is 12.5. The minimum Gasteiger partial charge on any atom is -0.457 e. The first kappa shape index (κ1) is 18.8. The monoisotopic (exact) mass is 377 g/mol. The van der Waals surface area contributed by atoms with E-state index in [2.05, 4.69) is 0 Å². The van der Waals surface area contributed by atoms with Crippen LogP contribution in [0.4, 0.5) is 0 Å². The van der Waals surface area contributed by atoms with Crippen LogP contribution in [0.1, 0.15) is 42.5 Å². The van der Waals surface area contributed by atoms with Crippen molar-refractivity contribution in [2.75, 3.05) is 19.7 Å². The number of esters is 1. The number of ether oxygens (including phenoxy) is 1. The van der Waals surface area contributed by atoms with E-state index >= 15 is 0 Å². The predicted molar refractivity (Wildman–Crippen MR) is 96.2 cm³/mol. The van der Waals surface area contributed by atoms with Crippen molar-refractivity contribution in [2.45, 2.75) is 37.0 Å². The Hall–Kier alpha value is -1.99. The third-order valence-corrected chi connectivity index (χ3v) is 6.70. The molecule has 7 heteroatoms. The SMILES string of the molecule is O=C(C[C@@H]1C=CCC1)OCC(=O)c1ccc(S(=O)(=O)N2CCCC2)cc1. The van der Waals surface area contributed by atoms with Crippen molar-refractivity contribution in [3.63, 3.8) is 0 Å². The standard InChI is InChI=1S/C19H23NO5S/c21-18(14-25-19(22)13-15-5-1-2-6-15)16-7-9-17(10-8-16)26(23,24)20-11-3-4-12-20/h1,5,7-10,15H,2-4,6,11-14H2/t15-/m1/s1. The molecule has 0 unspecified atom stereocenters. The van der Waals surface area contributed by atoms with Crippen molar-refractivity contribution in [3.8, 4) is 0 Å². The maximum Gasteiger partial charge on any atom is 0.306 e. The lowest BCUT2D eigenvalue weighted by Gasteiger charge is -2.15. The van der Waals surface area contributed by atoms with Gasteiger partial charge in [-0.1, -0.05) is 12.2 Å². The number of allylic oxidation sites excluding steroid dienone is 2. The summed E-state index contributed by atoms with van der Waals surface area (Å²) >= 11 is 0. The summed E-state index contributed by atoms with van der Waals surface area (Å²) in [5.41, 5.74) is 0.332. The highest BCUT2D eigenvalue weighted by molar-refractivity contribution is 7.89. The average molecular weight is 377 g/mol. The predicted octanol–water partition coefficient (Wildman–Crippen LogP) is 2.55. The van der Waals surface area contributed by atoms with Crippen molar-refractivity contribution < 1.29 is 22.7 Å².